The monoisotopic (exact) mass is 237 g/mol. The molecule has 96 valence electrons. The first-order valence-electron chi connectivity index (χ1n) is 6.16. The fraction of sp³-hybridized carbons (Fsp3) is 0.643. The normalized spacial score (nSPS) is 13.8. The third-order valence-electron chi connectivity index (χ3n) is 3.36. The highest BCUT2D eigenvalue weighted by Gasteiger charge is 2.28. The fourth-order valence-corrected chi connectivity index (χ4v) is 2.14. The van der Waals surface area contributed by atoms with E-state index in [1.807, 2.05) is 27.7 Å². The van der Waals surface area contributed by atoms with Gasteiger partial charge in [-0.2, -0.15) is 0 Å². The number of aromatic carboxylic acids is 1. The van der Waals surface area contributed by atoms with Gasteiger partial charge in [-0.3, -0.25) is 0 Å². The average Bonchev–Trinajstić information content (AvgIpc) is 2.54. The predicted octanol–water partition coefficient (Wildman–Crippen LogP) is 3.83. The molecule has 1 atom stereocenters. The van der Waals surface area contributed by atoms with Crippen LogP contribution >= 0.6 is 0 Å². The van der Waals surface area contributed by atoms with Crippen molar-refractivity contribution < 1.29 is 9.90 Å². The number of carboxylic acid groups (broad SMARTS) is 1. The third-order valence-corrected chi connectivity index (χ3v) is 3.36. The Bertz CT molecular complexity index is 424. The summed E-state index contributed by atoms with van der Waals surface area (Å²) in [7, 11) is 0. The van der Waals surface area contributed by atoms with E-state index in [1.54, 1.807) is 0 Å². The topological polar surface area (TPSA) is 53.1 Å². The molecule has 0 fully saturated rings. The van der Waals surface area contributed by atoms with Crippen LogP contribution in [-0.4, -0.2) is 16.1 Å². The SMILES string of the molecule is CCC(C)c1[nH]c(C(C)(C)C)c(C(=O)O)c1C. The summed E-state index contributed by atoms with van der Waals surface area (Å²) in [6, 6.07) is 0. The number of carbonyl (C=O) groups is 1. The highest BCUT2D eigenvalue weighted by atomic mass is 16.4. The second-order valence-corrected chi connectivity index (χ2v) is 5.78. The summed E-state index contributed by atoms with van der Waals surface area (Å²) >= 11 is 0. The maximum atomic E-state index is 11.4. The lowest BCUT2D eigenvalue weighted by atomic mass is 9.88. The maximum Gasteiger partial charge on any atom is 0.337 e. The minimum Gasteiger partial charge on any atom is -0.478 e. The summed E-state index contributed by atoms with van der Waals surface area (Å²) in [6.07, 6.45) is 1.00. The molecule has 0 aliphatic carbocycles. The van der Waals surface area contributed by atoms with Crippen molar-refractivity contribution >= 4 is 5.97 Å². The average molecular weight is 237 g/mol. The molecule has 0 amide bonds. The van der Waals surface area contributed by atoms with Gasteiger partial charge in [0, 0.05) is 16.8 Å². The summed E-state index contributed by atoms with van der Waals surface area (Å²) in [5.74, 6) is -0.470. The van der Waals surface area contributed by atoms with Crippen LogP contribution in [-0.2, 0) is 5.41 Å². The first kappa shape index (κ1) is 13.8. The van der Waals surface area contributed by atoms with Gasteiger partial charge in [0.05, 0.1) is 5.56 Å². The van der Waals surface area contributed by atoms with E-state index in [9.17, 15) is 9.90 Å². The van der Waals surface area contributed by atoms with Gasteiger partial charge in [0.15, 0.2) is 0 Å². The van der Waals surface area contributed by atoms with Crippen LogP contribution in [0.3, 0.4) is 0 Å². The largest absolute Gasteiger partial charge is 0.478 e. The zero-order valence-electron chi connectivity index (χ0n) is 11.6. The molecule has 1 aromatic rings. The Morgan fingerprint density at radius 1 is 1.41 bits per heavy atom. The van der Waals surface area contributed by atoms with Gasteiger partial charge < -0.3 is 10.1 Å². The molecule has 1 unspecified atom stereocenters. The van der Waals surface area contributed by atoms with Crippen LogP contribution in [0.25, 0.3) is 0 Å². The molecule has 3 heteroatoms. The molecule has 17 heavy (non-hydrogen) atoms. The molecule has 1 aromatic heterocycles. The summed E-state index contributed by atoms with van der Waals surface area (Å²) < 4.78 is 0. The Labute approximate surface area is 103 Å². The van der Waals surface area contributed by atoms with Crippen LogP contribution in [0.15, 0.2) is 0 Å². The Hall–Kier alpha value is -1.25. The van der Waals surface area contributed by atoms with E-state index in [-0.39, 0.29) is 5.41 Å². The van der Waals surface area contributed by atoms with E-state index in [4.69, 9.17) is 0 Å². The van der Waals surface area contributed by atoms with Gasteiger partial charge in [0.25, 0.3) is 0 Å². The lowest BCUT2D eigenvalue weighted by molar-refractivity contribution is 0.0693. The Balaban J connectivity index is 3.46. The zero-order valence-corrected chi connectivity index (χ0v) is 11.6. The number of rotatable bonds is 3. The van der Waals surface area contributed by atoms with Crippen LogP contribution in [0, 0.1) is 6.92 Å². The van der Waals surface area contributed by atoms with Crippen molar-refractivity contribution in [2.45, 2.75) is 59.3 Å². The van der Waals surface area contributed by atoms with Crippen LogP contribution < -0.4 is 0 Å². The third kappa shape index (κ3) is 2.54. The smallest absolute Gasteiger partial charge is 0.337 e. The van der Waals surface area contributed by atoms with Crippen LogP contribution in [0.1, 0.15) is 74.3 Å². The van der Waals surface area contributed by atoms with Gasteiger partial charge in [-0.1, -0.05) is 34.6 Å². The number of H-pyrrole nitrogens is 1. The zero-order chi connectivity index (χ0) is 13.4. The fourth-order valence-electron chi connectivity index (χ4n) is 2.14. The standard InChI is InChI=1S/C14H23NO2/c1-7-8(2)11-9(3)10(13(16)17)12(15-11)14(4,5)6/h8,15H,7H2,1-6H3,(H,16,17). The number of hydrogen-bond acceptors (Lipinski definition) is 1. The van der Waals surface area contributed by atoms with E-state index in [0.717, 1.165) is 23.4 Å². The molecular weight excluding hydrogens is 214 g/mol. The molecular formula is C14H23NO2. The van der Waals surface area contributed by atoms with Crippen molar-refractivity contribution in [1.82, 2.24) is 4.98 Å². The quantitative estimate of drug-likeness (QED) is 0.839. The van der Waals surface area contributed by atoms with Gasteiger partial charge in [-0.05, 0) is 24.8 Å². The van der Waals surface area contributed by atoms with Crippen molar-refractivity contribution in [3.05, 3.63) is 22.5 Å². The number of aromatic amines is 1. The van der Waals surface area contributed by atoms with Gasteiger partial charge in [0.1, 0.15) is 0 Å². The van der Waals surface area contributed by atoms with Gasteiger partial charge in [-0.25, -0.2) is 4.79 Å². The second kappa shape index (κ2) is 4.55. The molecule has 0 aromatic carbocycles. The van der Waals surface area contributed by atoms with Gasteiger partial charge in [0.2, 0.25) is 0 Å². The lowest BCUT2D eigenvalue weighted by Gasteiger charge is -2.18. The maximum absolute atomic E-state index is 11.4. The number of hydrogen-bond donors (Lipinski definition) is 2. The molecule has 0 saturated carbocycles. The molecule has 0 saturated heterocycles. The molecule has 0 bridgehead atoms. The molecule has 0 radical (unpaired) electrons. The van der Waals surface area contributed by atoms with Crippen LogP contribution in [0.5, 0.6) is 0 Å². The van der Waals surface area contributed by atoms with E-state index < -0.39 is 5.97 Å². The van der Waals surface area contributed by atoms with Crippen LogP contribution in [0.2, 0.25) is 0 Å². The van der Waals surface area contributed by atoms with Crippen molar-refractivity contribution in [2.24, 2.45) is 0 Å². The van der Waals surface area contributed by atoms with Crippen LogP contribution in [0.4, 0.5) is 0 Å². The molecule has 1 heterocycles. The van der Waals surface area contributed by atoms with E-state index in [2.05, 4.69) is 18.8 Å². The molecule has 0 spiro atoms. The summed E-state index contributed by atoms with van der Waals surface area (Å²) in [6.45, 7) is 12.2. The van der Waals surface area contributed by atoms with Gasteiger partial charge in [-0.15, -0.1) is 0 Å². The highest BCUT2D eigenvalue weighted by Crippen LogP contribution is 2.33. The van der Waals surface area contributed by atoms with Crippen molar-refractivity contribution in [1.29, 1.82) is 0 Å². The summed E-state index contributed by atoms with van der Waals surface area (Å²) in [4.78, 5) is 14.7. The molecule has 3 nitrogen and oxygen atoms in total. The lowest BCUT2D eigenvalue weighted by Crippen LogP contribution is -2.16. The van der Waals surface area contributed by atoms with E-state index in [1.165, 1.54) is 0 Å². The molecule has 0 aliphatic rings. The predicted molar refractivity (Wildman–Crippen MR) is 69.9 cm³/mol. The number of carboxylic acids is 1. The number of nitrogens with one attached hydrogen (secondary N) is 1. The first-order chi connectivity index (χ1) is 7.70. The van der Waals surface area contributed by atoms with E-state index in [0.29, 0.717) is 11.5 Å². The molecule has 1 rings (SSSR count). The Kier molecular flexibility index (Phi) is 3.70. The summed E-state index contributed by atoms with van der Waals surface area (Å²) in [5.41, 5.74) is 3.06. The van der Waals surface area contributed by atoms with E-state index >= 15 is 0 Å². The minimum atomic E-state index is -0.835. The minimum absolute atomic E-state index is 0.176. The van der Waals surface area contributed by atoms with Gasteiger partial charge >= 0.3 is 5.97 Å². The van der Waals surface area contributed by atoms with Crippen molar-refractivity contribution in [3.63, 3.8) is 0 Å². The van der Waals surface area contributed by atoms with Crippen molar-refractivity contribution in [2.75, 3.05) is 0 Å². The first-order valence-corrected chi connectivity index (χ1v) is 6.16. The number of aromatic nitrogens is 1. The summed E-state index contributed by atoms with van der Waals surface area (Å²) in [5, 5.41) is 9.36. The Morgan fingerprint density at radius 2 is 1.94 bits per heavy atom. The Morgan fingerprint density at radius 3 is 2.24 bits per heavy atom. The molecule has 0 aliphatic heterocycles. The second-order valence-electron chi connectivity index (χ2n) is 5.78. The highest BCUT2D eigenvalue weighted by molar-refractivity contribution is 5.91. The molecule has 2 N–H and O–H groups in total. The van der Waals surface area contributed by atoms with Crippen molar-refractivity contribution in [3.8, 4) is 0 Å².